The van der Waals surface area contributed by atoms with E-state index in [1.165, 1.54) is 42.5 Å². The Labute approximate surface area is 180 Å². The standard InChI is InChI=1S/C19H35N5S.HI/c1-5-17-8-9-18(25-17)15-22-19(20-6-2)21-14-16(4)24-12-10-23(7-3)11-13-24;/h8-9,16H,5-7,10-15H2,1-4H3,(H2,20,21,22);1H. The van der Waals surface area contributed by atoms with Crippen LogP contribution < -0.4 is 10.6 Å². The molecule has 26 heavy (non-hydrogen) atoms. The van der Waals surface area contributed by atoms with Gasteiger partial charge in [0.2, 0.25) is 0 Å². The molecule has 0 spiro atoms. The quantitative estimate of drug-likeness (QED) is 0.332. The second-order valence-corrected chi connectivity index (χ2v) is 7.87. The Balaban J connectivity index is 0.00000338. The Bertz CT molecular complexity index is 526. The number of nitrogens with zero attached hydrogens (tertiary/aromatic N) is 3. The summed E-state index contributed by atoms with van der Waals surface area (Å²) in [6.45, 7) is 17.3. The number of halogens is 1. The molecule has 1 saturated heterocycles. The second kappa shape index (κ2) is 12.9. The molecule has 2 N–H and O–H groups in total. The molecule has 1 aliphatic rings. The van der Waals surface area contributed by atoms with Crippen LogP contribution in [0.4, 0.5) is 0 Å². The summed E-state index contributed by atoms with van der Waals surface area (Å²) < 4.78 is 0. The van der Waals surface area contributed by atoms with Crippen molar-refractivity contribution in [2.75, 3.05) is 45.8 Å². The van der Waals surface area contributed by atoms with Gasteiger partial charge in [0, 0.05) is 55.1 Å². The highest BCUT2D eigenvalue weighted by molar-refractivity contribution is 14.0. The van der Waals surface area contributed by atoms with Gasteiger partial charge in [0.1, 0.15) is 0 Å². The van der Waals surface area contributed by atoms with Gasteiger partial charge in [0.05, 0.1) is 6.54 Å². The number of likely N-dealkylation sites (N-methyl/N-ethyl adjacent to an activating group) is 1. The van der Waals surface area contributed by atoms with Gasteiger partial charge >= 0.3 is 0 Å². The summed E-state index contributed by atoms with van der Waals surface area (Å²) in [4.78, 5) is 12.6. The Kier molecular flexibility index (Phi) is 11.7. The summed E-state index contributed by atoms with van der Waals surface area (Å²) in [7, 11) is 0. The number of thiophene rings is 1. The predicted molar refractivity (Wildman–Crippen MR) is 125 cm³/mol. The average Bonchev–Trinajstić information content (AvgIpc) is 3.12. The summed E-state index contributed by atoms with van der Waals surface area (Å²) in [6, 6.07) is 4.94. The van der Waals surface area contributed by atoms with Gasteiger partial charge in [-0.2, -0.15) is 0 Å². The van der Waals surface area contributed by atoms with Crippen molar-refractivity contribution in [3.05, 3.63) is 21.9 Å². The van der Waals surface area contributed by atoms with E-state index in [0.717, 1.165) is 32.0 Å². The number of nitrogens with one attached hydrogen (secondary N) is 2. The molecular weight excluding hydrogens is 457 g/mol. The number of aryl methyl sites for hydroxylation is 1. The van der Waals surface area contributed by atoms with Gasteiger partial charge in [-0.1, -0.05) is 13.8 Å². The van der Waals surface area contributed by atoms with E-state index in [0.29, 0.717) is 6.04 Å². The molecule has 150 valence electrons. The minimum Gasteiger partial charge on any atom is -0.357 e. The lowest BCUT2D eigenvalue weighted by Gasteiger charge is -2.37. The molecule has 0 amide bonds. The smallest absolute Gasteiger partial charge is 0.191 e. The number of piperazine rings is 1. The second-order valence-electron chi connectivity index (χ2n) is 6.62. The third-order valence-corrected chi connectivity index (χ3v) is 6.06. The predicted octanol–water partition coefficient (Wildman–Crippen LogP) is 3.01. The zero-order chi connectivity index (χ0) is 18.1. The van der Waals surface area contributed by atoms with Crippen molar-refractivity contribution in [2.45, 2.75) is 46.7 Å². The van der Waals surface area contributed by atoms with Crippen molar-refractivity contribution in [1.29, 1.82) is 0 Å². The van der Waals surface area contributed by atoms with Crippen LogP contribution in [0.1, 0.15) is 37.4 Å². The molecule has 1 fully saturated rings. The van der Waals surface area contributed by atoms with E-state index in [2.05, 4.69) is 60.3 Å². The summed E-state index contributed by atoms with van der Waals surface area (Å²) in [6.07, 6.45) is 1.11. The molecule has 1 aromatic rings. The summed E-state index contributed by atoms with van der Waals surface area (Å²) in [5.41, 5.74) is 0. The SMILES string of the molecule is CCNC(=NCc1ccc(CC)s1)NCC(C)N1CCN(CC)CC1.I. The number of aliphatic imine (C=N–C) groups is 1. The number of guanidine groups is 1. The van der Waals surface area contributed by atoms with Crippen LogP contribution in [0.15, 0.2) is 17.1 Å². The van der Waals surface area contributed by atoms with Crippen LogP contribution in [0, 0.1) is 0 Å². The third-order valence-electron chi connectivity index (χ3n) is 4.85. The molecule has 1 atom stereocenters. The topological polar surface area (TPSA) is 42.9 Å². The van der Waals surface area contributed by atoms with Gasteiger partial charge < -0.3 is 15.5 Å². The monoisotopic (exact) mass is 493 g/mol. The normalized spacial score (nSPS) is 17.6. The van der Waals surface area contributed by atoms with Gasteiger partial charge in [-0.25, -0.2) is 4.99 Å². The maximum absolute atomic E-state index is 4.75. The number of hydrogen-bond donors (Lipinski definition) is 2. The van der Waals surface area contributed by atoms with E-state index in [4.69, 9.17) is 4.99 Å². The first-order chi connectivity index (χ1) is 12.2. The lowest BCUT2D eigenvalue weighted by atomic mass is 10.2. The maximum atomic E-state index is 4.75. The molecule has 0 saturated carbocycles. The van der Waals surface area contributed by atoms with Crippen molar-refractivity contribution in [1.82, 2.24) is 20.4 Å². The van der Waals surface area contributed by atoms with Gasteiger partial charge in [-0.05, 0) is 38.9 Å². The fourth-order valence-corrected chi connectivity index (χ4v) is 3.97. The third kappa shape index (κ3) is 7.70. The van der Waals surface area contributed by atoms with Crippen molar-refractivity contribution >= 4 is 41.3 Å². The Hall–Kier alpha value is -0.380. The largest absolute Gasteiger partial charge is 0.357 e. The van der Waals surface area contributed by atoms with Crippen LogP contribution in [-0.2, 0) is 13.0 Å². The highest BCUT2D eigenvalue weighted by atomic mass is 127. The highest BCUT2D eigenvalue weighted by Gasteiger charge is 2.20. The van der Waals surface area contributed by atoms with E-state index in [1.54, 1.807) is 0 Å². The maximum Gasteiger partial charge on any atom is 0.191 e. The first kappa shape index (κ1) is 23.7. The van der Waals surface area contributed by atoms with Crippen LogP contribution in [0.25, 0.3) is 0 Å². The molecule has 5 nitrogen and oxygen atoms in total. The van der Waals surface area contributed by atoms with E-state index >= 15 is 0 Å². The summed E-state index contributed by atoms with van der Waals surface area (Å²) in [5.74, 6) is 0.924. The molecule has 0 aromatic carbocycles. The first-order valence-corrected chi connectivity index (χ1v) is 10.5. The van der Waals surface area contributed by atoms with Crippen LogP contribution >= 0.6 is 35.3 Å². The fourth-order valence-electron chi connectivity index (χ4n) is 3.09. The Morgan fingerprint density at radius 2 is 1.81 bits per heavy atom. The van der Waals surface area contributed by atoms with Crippen molar-refractivity contribution < 1.29 is 0 Å². The van der Waals surface area contributed by atoms with Crippen molar-refractivity contribution in [3.63, 3.8) is 0 Å². The van der Waals surface area contributed by atoms with E-state index in [-0.39, 0.29) is 24.0 Å². The average molecular weight is 494 g/mol. The molecule has 1 aromatic heterocycles. The van der Waals surface area contributed by atoms with Gasteiger partial charge in [0.25, 0.3) is 0 Å². The number of rotatable bonds is 8. The van der Waals surface area contributed by atoms with Crippen molar-refractivity contribution in [2.24, 2.45) is 4.99 Å². The van der Waals surface area contributed by atoms with Crippen LogP contribution in [0.2, 0.25) is 0 Å². The molecular formula is C19H36IN5S. The fraction of sp³-hybridized carbons (Fsp3) is 0.737. The molecule has 2 rings (SSSR count). The summed E-state index contributed by atoms with van der Waals surface area (Å²) in [5, 5.41) is 6.89. The molecule has 0 aliphatic carbocycles. The zero-order valence-electron chi connectivity index (χ0n) is 16.8. The molecule has 2 heterocycles. The minimum absolute atomic E-state index is 0. The zero-order valence-corrected chi connectivity index (χ0v) is 19.9. The van der Waals surface area contributed by atoms with Crippen LogP contribution in [0.5, 0.6) is 0 Å². The lowest BCUT2D eigenvalue weighted by molar-refractivity contribution is 0.107. The molecule has 0 radical (unpaired) electrons. The lowest BCUT2D eigenvalue weighted by Crippen LogP contribution is -2.53. The molecule has 1 aliphatic heterocycles. The van der Waals surface area contributed by atoms with Crippen LogP contribution in [-0.4, -0.2) is 67.6 Å². The molecule has 0 bridgehead atoms. The Morgan fingerprint density at radius 1 is 1.12 bits per heavy atom. The minimum atomic E-state index is 0. The van der Waals surface area contributed by atoms with E-state index < -0.39 is 0 Å². The Morgan fingerprint density at radius 3 is 2.38 bits per heavy atom. The van der Waals surface area contributed by atoms with E-state index in [9.17, 15) is 0 Å². The molecule has 1 unspecified atom stereocenters. The van der Waals surface area contributed by atoms with Crippen molar-refractivity contribution in [3.8, 4) is 0 Å². The summed E-state index contributed by atoms with van der Waals surface area (Å²) >= 11 is 1.87. The van der Waals surface area contributed by atoms with E-state index in [1.807, 2.05) is 11.3 Å². The van der Waals surface area contributed by atoms with Gasteiger partial charge in [0.15, 0.2) is 5.96 Å². The molecule has 7 heteroatoms. The van der Waals surface area contributed by atoms with Crippen LogP contribution in [0.3, 0.4) is 0 Å². The van der Waals surface area contributed by atoms with Gasteiger partial charge in [-0.3, -0.25) is 4.90 Å². The highest BCUT2D eigenvalue weighted by Crippen LogP contribution is 2.17. The van der Waals surface area contributed by atoms with Gasteiger partial charge in [-0.15, -0.1) is 35.3 Å². The first-order valence-electron chi connectivity index (χ1n) is 9.72. The number of hydrogen-bond acceptors (Lipinski definition) is 4.